The van der Waals surface area contributed by atoms with Crippen molar-refractivity contribution >= 4 is 18.5 Å². The molecule has 0 aliphatic carbocycles. The van der Waals surface area contributed by atoms with Crippen molar-refractivity contribution in [3.05, 3.63) is 29.8 Å². The van der Waals surface area contributed by atoms with E-state index in [2.05, 4.69) is 17.9 Å². The Morgan fingerprint density at radius 1 is 1.41 bits per heavy atom. The second-order valence-electron chi connectivity index (χ2n) is 4.21. The summed E-state index contributed by atoms with van der Waals surface area (Å²) >= 11 is 4.20. The average molecular weight is 253 g/mol. The molecular formula is C13H19NO2S. The first kappa shape index (κ1) is 14.1. The molecule has 1 amide bonds. The van der Waals surface area contributed by atoms with Crippen LogP contribution in [0.2, 0.25) is 0 Å². The third-order valence-electron chi connectivity index (χ3n) is 2.40. The molecule has 1 aromatic rings. The molecule has 0 spiro atoms. The Hall–Kier alpha value is -1.00. The van der Waals surface area contributed by atoms with E-state index < -0.39 is 0 Å². The van der Waals surface area contributed by atoms with Gasteiger partial charge in [-0.05, 0) is 23.6 Å². The number of hydrogen-bond donors (Lipinski definition) is 2. The van der Waals surface area contributed by atoms with Crippen molar-refractivity contribution in [2.24, 2.45) is 5.92 Å². The molecule has 0 saturated heterocycles. The molecule has 1 unspecified atom stereocenters. The van der Waals surface area contributed by atoms with Crippen LogP contribution in [0.3, 0.4) is 0 Å². The van der Waals surface area contributed by atoms with Crippen LogP contribution in [-0.4, -0.2) is 26.2 Å². The minimum atomic E-state index is 0.0415. The van der Waals surface area contributed by atoms with Gasteiger partial charge in [-0.3, -0.25) is 4.79 Å². The minimum Gasteiger partial charge on any atom is -0.384 e. The highest BCUT2D eigenvalue weighted by Crippen LogP contribution is 2.08. The Balaban J connectivity index is 2.32. The third kappa shape index (κ3) is 5.75. The number of carbonyl (C=O) groups is 1. The summed E-state index contributed by atoms with van der Waals surface area (Å²) in [7, 11) is 1.66. The number of carbonyl (C=O) groups excluding carboxylic acids is 1. The maximum absolute atomic E-state index is 11.6. The third-order valence-corrected chi connectivity index (χ3v) is 2.70. The molecule has 0 aliphatic heterocycles. The Morgan fingerprint density at radius 2 is 2.06 bits per heavy atom. The zero-order valence-electron chi connectivity index (χ0n) is 10.3. The first-order chi connectivity index (χ1) is 8.11. The quantitative estimate of drug-likeness (QED) is 0.760. The number of ether oxygens (including phenoxy) is 1. The Kier molecular flexibility index (Phi) is 6.08. The van der Waals surface area contributed by atoms with Crippen LogP contribution in [0.15, 0.2) is 29.2 Å². The second-order valence-corrected chi connectivity index (χ2v) is 4.72. The summed E-state index contributed by atoms with van der Waals surface area (Å²) in [6.07, 6.45) is 0.410. The summed E-state index contributed by atoms with van der Waals surface area (Å²) in [6.45, 7) is 3.35. The highest BCUT2D eigenvalue weighted by molar-refractivity contribution is 7.80. The lowest BCUT2D eigenvalue weighted by Crippen LogP contribution is -2.31. The van der Waals surface area contributed by atoms with Gasteiger partial charge in [0, 0.05) is 18.6 Å². The van der Waals surface area contributed by atoms with Gasteiger partial charge in [0.15, 0.2) is 0 Å². The Bertz CT molecular complexity index is 351. The van der Waals surface area contributed by atoms with E-state index in [1.807, 2.05) is 31.2 Å². The molecule has 3 nitrogen and oxygen atoms in total. The Morgan fingerprint density at radius 3 is 2.65 bits per heavy atom. The zero-order chi connectivity index (χ0) is 12.7. The van der Waals surface area contributed by atoms with E-state index >= 15 is 0 Å². The fourth-order valence-corrected chi connectivity index (χ4v) is 1.64. The lowest BCUT2D eigenvalue weighted by atomic mass is 10.1. The van der Waals surface area contributed by atoms with Crippen molar-refractivity contribution < 1.29 is 9.53 Å². The molecule has 0 radical (unpaired) electrons. The van der Waals surface area contributed by atoms with E-state index in [1.165, 1.54) is 0 Å². The van der Waals surface area contributed by atoms with Gasteiger partial charge in [-0.25, -0.2) is 0 Å². The smallest absolute Gasteiger partial charge is 0.224 e. The van der Waals surface area contributed by atoms with Gasteiger partial charge in [0.05, 0.1) is 13.0 Å². The van der Waals surface area contributed by atoms with E-state index in [0.717, 1.165) is 10.5 Å². The number of rotatable bonds is 6. The van der Waals surface area contributed by atoms with E-state index in [-0.39, 0.29) is 5.91 Å². The van der Waals surface area contributed by atoms with E-state index in [0.29, 0.717) is 25.5 Å². The van der Waals surface area contributed by atoms with Gasteiger partial charge in [0.1, 0.15) is 0 Å². The van der Waals surface area contributed by atoms with Gasteiger partial charge in [-0.1, -0.05) is 19.1 Å². The lowest BCUT2D eigenvalue weighted by molar-refractivity contribution is -0.120. The van der Waals surface area contributed by atoms with Crippen LogP contribution in [0.5, 0.6) is 0 Å². The van der Waals surface area contributed by atoms with Gasteiger partial charge in [-0.2, -0.15) is 0 Å². The monoisotopic (exact) mass is 253 g/mol. The molecule has 0 aliphatic rings. The molecule has 1 aromatic carbocycles. The largest absolute Gasteiger partial charge is 0.384 e. The van der Waals surface area contributed by atoms with Crippen molar-refractivity contribution in [2.75, 3.05) is 20.3 Å². The molecule has 4 heteroatoms. The molecule has 1 N–H and O–H groups in total. The topological polar surface area (TPSA) is 38.3 Å². The van der Waals surface area contributed by atoms with Crippen molar-refractivity contribution in [2.45, 2.75) is 18.2 Å². The Labute approximate surface area is 108 Å². The molecule has 1 rings (SSSR count). The van der Waals surface area contributed by atoms with Crippen LogP contribution in [0.1, 0.15) is 12.5 Å². The van der Waals surface area contributed by atoms with Crippen LogP contribution in [0.25, 0.3) is 0 Å². The highest BCUT2D eigenvalue weighted by atomic mass is 32.1. The molecule has 0 heterocycles. The van der Waals surface area contributed by atoms with Gasteiger partial charge in [-0.15, -0.1) is 12.6 Å². The van der Waals surface area contributed by atoms with E-state index in [1.54, 1.807) is 7.11 Å². The number of methoxy groups -OCH3 is 1. The molecular weight excluding hydrogens is 234 g/mol. The maximum Gasteiger partial charge on any atom is 0.224 e. The first-order valence-corrected chi connectivity index (χ1v) is 6.10. The van der Waals surface area contributed by atoms with Gasteiger partial charge in [0.2, 0.25) is 5.91 Å². The van der Waals surface area contributed by atoms with Crippen LogP contribution in [0.4, 0.5) is 0 Å². The fourth-order valence-electron chi connectivity index (χ4n) is 1.49. The minimum absolute atomic E-state index is 0.0415. The number of thiol groups is 1. The summed E-state index contributed by atoms with van der Waals surface area (Å²) in [5, 5.41) is 2.89. The second kappa shape index (κ2) is 7.35. The maximum atomic E-state index is 11.6. The molecule has 1 atom stereocenters. The molecule has 0 fully saturated rings. The number of amides is 1. The van der Waals surface area contributed by atoms with E-state index in [9.17, 15) is 4.79 Å². The van der Waals surface area contributed by atoms with Crippen molar-refractivity contribution in [3.63, 3.8) is 0 Å². The summed E-state index contributed by atoms with van der Waals surface area (Å²) in [6, 6.07) is 7.61. The van der Waals surface area contributed by atoms with Crippen LogP contribution in [0, 0.1) is 5.92 Å². The predicted molar refractivity (Wildman–Crippen MR) is 71.4 cm³/mol. The number of benzene rings is 1. The SMILES string of the molecule is COCC(C)CNC(=O)Cc1ccc(S)cc1. The van der Waals surface area contributed by atoms with Crippen LogP contribution >= 0.6 is 12.6 Å². The molecule has 94 valence electrons. The van der Waals surface area contributed by atoms with Crippen molar-refractivity contribution in [3.8, 4) is 0 Å². The highest BCUT2D eigenvalue weighted by Gasteiger charge is 2.06. The van der Waals surface area contributed by atoms with Crippen LogP contribution in [-0.2, 0) is 16.0 Å². The molecule has 0 saturated carbocycles. The number of hydrogen-bond acceptors (Lipinski definition) is 3. The summed E-state index contributed by atoms with van der Waals surface area (Å²) in [5.74, 6) is 0.378. The summed E-state index contributed by atoms with van der Waals surface area (Å²) < 4.78 is 5.01. The standard InChI is InChI=1S/C13H19NO2S/c1-10(9-16-2)8-14-13(15)7-11-3-5-12(17)6-4-11/h3-6,10,17H,7-9H2,1-2H3,(H,14,15). The average Bonchev–Trinajstić information content (AvgIpc) is 2.30. The number of nitrogens with one attached hydrogen (secondary N) is 1. The van der Waals surface area contributed by atoms with E-state index in [4.69, 9.17) is 4.74 Å². The van der Waals surface area contributed by atoms with Gasteiger partial charge >= 0.3 is 0 Å². The van der Waals surface area contributed by atoms with Gasteiger partial charge < -0.3 is 10.1 Å². The molecule has 0 bridgehead atoms. The lowest BCUT2D eigenvalue weighted by Gasteiger charge is -2.11. The fraction of sp³-hybridized carbons (Fsp3) is 0.462. The predicted octanol–water partition coefficient (Wildman–Crippen LogP) is 1.92. The van der Waals surface area contributed by atoms with Gasteiger partial charge in [0.25, 0.3) is 0 Å². The summed E-state index contributed by atoms with van der Waals surface area (Å²) in [4.78, 5) is 12.5. The normalized spacial score (nSPS) is 12.2. The van der Waals surface area contributed by atoms with Crippen LogP contribution < -0.4 is 5.32 Å². The zero-order valence-corrected chi connectivity index (χ0v) is 11.2. The van der Waals surface area contributed by atoms with Crippen molar-refractivity contribution in [1.82, 2.24) is 5.32 Å². The molecule has 0 aromatic heterocycles. The first-order valence-electron chi connectivity index (χ1n) is 5.65. The van der Waals surface area contributed by atoms with Crippen molar-refractivity contribution in [1.29, 1.82) is 0 Å². The molecule has 17 heavy (non-hydrogen) atoms. The summed E-state index contributed by atoms with van der Waals surface area (Å²) in [5.41, 5.74) is 1.000.